The summed E-state index contributed by atoms with van der Waals surface area (Å²) in [5.41, 5.74) is 0.827. The largest absolute Gasteiger partial charge is 0.494 e. The number of aryl methyl sites for hydroxylation is 1. The number of carbonyl (C=O) groups excluding carboxylic acids is 1. The molecule has 0 unspecified atom stereocenters. The van der Waals surface area contributed by atoms with Crippen molar-refractivity contribution in [3.8, 4) is 5.75 Å². The number of methoxy groups -OCH3 is 1. The van der Waals surface area contributed by atoms with Gasteiger partial charge in [0.2, 0.25) is 5.91 Å². The molecule has 0 bridgehead atoms. The van der Waals surface area contributed by atoms with Crippen LogP contribution in [0.2, 0.25) is 5.02 Å². The second-order valence-corrected chi connectivity index (χ2v) is 9.52. The van der Waals surface area contributed by atoms with E-state index in [0.29, 0.717) is 26.1 Å². The first-order valence-corrected chi connectivity index (χ1v) is 12.1. The van der Waals surface area contributed by atoms with Crippen LogP contribution in [0.4, 0.5) is 5.13 Å². The average Bonchev–Trinajstić information content (AvgIpc) is 3.51. The number of benzene rings is 2. The highest BCUT2D eigenvalue weighted by Gasteiger charge is 2.24. The number of carbonyl (C=O) groups is 1. The van der Waals surface area contributed by atoms with E-state index in [2.05, 4.69) is 9.97 Å². The fourth-order valence-corrected chi connectivity index (χ4v) is 5.27. The number of rotatable bonds is 6. The molecule has 5 rings (SSSR count). The third-order valence-electron chi connectivity index (χ3n) is 5.91. The third kappa shape index (κ3) is 3.95. The van der Waals surface area contributed by atoms with Gasteiger partial charge in [-0.05, 0) is 17.7 Å². The first kappa shape index (κ1) is 23.8. The van der Waals surface area contributed by atoms with Gasteiger partial charge >= 0.3 is 5.69 Å². The van der Waals surface area contributed by atoms with Gasteiger partial charge in [0.1, 0.15) is 17.8 Å². The Hall–Kier alpha value is -3.96. The average molecular weight is 525 g/mol. The van der Waals surface area contributed by atoms with E-state index in [1.54, 1.807) is 24.1 Å². The highest BCUT2D eigenvalue weighted by molar-refractivity contribution is 7.23. The highest BCUT2D eigenvalue weighted by atomic mass is 35.5. The lowest BCUT2D eigenvalue weighted by Crippen LogP contribution is -2.38. The number of hydrogen-bond acceptors (Lipinski definition) is 7. The predicted octanol–water partition coefficient (Wildman–Crippen LogP) is 2.94. The molecule has 5 aromatic rings. The van der Waals surface area contributed by atoms with E-state index in [-0.39, 0.29) is 30.2 Å². The smallest absolute Gasteiger partial charge is 0.332 e. The number of imidazole rings is 1. The van der Waals surface area contributed by atoms with Crippen LogP contribution in [0.1, 0.15) is 5.56 Å². The van der Waals surface area contributed by atoms with Crippen molar-refractivity contribution in [2.75, 3.05) is 12.0 Å². The topological polar surface area (TPSA) is 104 Å². The molecule has 0 saturated carbocycles. The van der Waals surface area contributed by atoms with E-state index in [4.69, 9.17) is 16.3 Å². The number of thiazole rings is 1. The summed E-state index contributed by atoms with van der Waals surface area (Å²) >= 11 is 7.70. The van der Waals surface area contributed by atoms with Gasteiger partial charge in [-0.25, -0.2) is 14.8 Å². The Bertz CT molecular complexity index is 1740. The lowest BCUT2D eigenvalue weighted by Gasteiger charge is -2.20. The van der Waals surface area contributed by atoms with E-state index in [1.165, 1.54) is 40.9 Å². The normalized spacial score (nSPS) is 11.3. The van der Waals surface area contributed by atoms with Crippen LogP contribution in [0.3, 0.4) is 0 Å². The van der Waals surface area contributed by atoms with Gasteiger partial charge < -0.3 is 9.30 Å². The Labute approximate surface area is 213 Å². The molecule has 0 fully saturated rings. The lowest BCUT2D eigenvalue weighted by molar-refractivity contribution is -0.119. The zero-order valence-electron chi connectivity index (χ0n) is 19.6. The Morgan fingerprint density at radius 1 is 1.11 bits per heavy atom. The number of aromatic nitrogens is 5. The third-order valence-corrected chi connectivity index (χ3v) is 7.44. The van der Waals surface area contributed by atoms with Gasteiger partial charge in [-0.3, -0.25) is 23.6 Å². The predicted molar refractivity (Wildman–Crippen MR) is 139 cm³/mol. The minimum Gasteiger partial charge on any atom is -0.494 e. The van der Waals surface area contributed by atoms with E-state index in [0.717, 1.165) is 10.1 Å². The SMILES string of the molecule is COc1ccc(Cl)c2sc(N(Cc3ccccc3)C(=O)Cn3cnc4c3c(=O)n(C)c(=O)n4C)nc12. The molecule has 3 aromatic heterocycles. The molecule has 0 aliphatic heterocycles. The monoisotopic (exact) mass is 524 g/mol. The maximum absolute atomic E-state index is 13.7. The summed E-state index contributed by atoms with van der Waals surface area (Å²) in [7, 11) is 4.47. The molecule has 10 nitrogen and oxygen atoms in total. The van der Waals surface area contributed by atoms with Crippen molar-refractivity contribution in [3.05, 3.63) is 80.2 Å². The van der Waals surface area contributed by atoms with Gasteiger partial charge in [-0.15, -0.1) is 0 Å². The fourth-order valence-electron chi connectivity index (χ4n) is 4.00. The molecule has 2 aromatic carbocycles. The van der Waals surface area contributed by atoms with Crippen LogP contribution in [-0.4, -0.2) is 36.7 Å². The Kier molecular flexibility index (Phi) is 6.10. The lowest BCUT2D eigenvalue weighted by atomic mass is 10.2. The minimum absolute atomic E-state index is 0.168. The zero-order chi connectivity index (χ0) is 25.6. The first-order chi connectivity index (χ1) is 17.3. The van der Waals surface area contributed by atoms with E-state index < -0.39 is 11.2 Å². The maximum Gasteiger partial charge on any atom is 0.332 e. The van der Waals surface area contributed by atoms with E-state index in [1.807, 2.05) is 30.3 Å². The summed E-state index contributed by atoms with van der Waals surface area (Å²) in [6.07, 6.45) is 1.39. The molecule has 1 amide bonds. The molecular weight excluding hydrogens is 504 g/mol. The van der Waals surface area contributed by atoms with Crippen molar-refractivity contribution < 1.29 is 9.53 Å². The van der Waals surface area contributed by atoms with Gasteiger partial charge in [0.05, 0.1) is 29.7 Å². The second-order valence-electron chi connectivity index (χ2n) is 8.14. The number of hydrogen-bond donors (Lipinski definition) is 0. The van der Waals surface area contributed by atoms with Gasteiger partial charge in [0.25, 0.3) is 5.56 Å². The summed E-state index contributed by atoms with van der Waals surface area (Å²) < 4.78 is 9.87. The van der Waals surface area contributed by atoms with E-state index >= 15 is 0 Å². The number of nitrogens with zero attached hydrogens (tertiary/aromatic N) is 6. The number of ether oxygens (including phenoxy) is 1. The standard InChI is InChI=1S/C24H21ClN6O4S/c1-28-21-19(22(33)29(2)24(28)34)30(13-26-21)12-17(32)31(11-14-7-5-4-6-8-14)23-27-18-16(35-3)10-9-15(25)20(18)36-23/h4-10,13H,11-12H2,1-3H3. The molecule has 0 N–H and O–H groups in total. The van der Waals surface area contributed by atoms with Crippen molar-refractivity contribution in [1.29, 1.82) is 0 Å². The van der Waals surface area contributed by atoms with E-state index in [9.17, 15) is 14.4 Å². The molecule has 0 saturated heterocycles. The van der Waals surface area contributed by atoms with Crippen LogP contribution in [-0.2, 0) is 32.0 Å². The van der Waals surface area contributed by atoms with Crippen LogP contribution in [0, 0.1) is 0 Å². The van der Waals surface area contributed by atoms with Gasteiger partial charge in [-0.2, -0.15) is 0 Å². The molecular formula is C24H21ClN6O4S. The summed E-state index contributed by atoms with van der Waals surface area (Å²) in [6, 6.07) is 13.0. The van der Waals surface area contributed by atoms with Crippen molar-refractivity contribution in [3.63, 3.8) is 0 Å². The van der Waals surface area contributed by atoms with Crippen LogP contribution in [0.15, 0.2) is 58.4 Å². The van der Waals surface area contributed by atoms with Crippen LogP contribution in [0.25, 0.3) is 21.4 Å². The Morgan fingerprint density at radius 3 is 2.58 bits per heavy atom. The molecule has 12 heteroatoms. The Morgan fingerprint density at radius 2 is 1.86 bits per heavy atom. The van der Waals surface area contributed by atoms with Gasteiger partial charge in [0.15, 0.2) is 16.3 Å². The molecule has 0 aliphatic rings. The molecule has 36 heavy (non-hydrogen) atoms. The number of fused-ring (bicyclic) bond motifs is 2. The quantitative estimate of drug-likeness (QED) is 0.338. The minimum atomic E-state index is -0.524. The summed E-state index contributed by atoms with van der Waals surface area (Å²) in [5, 5.41) is 0.946. The van der Waals surface area contributed by atoms with Gasteiger partial charge in [0, 0.05) is 14.1 Å². The first-order valence-electron chi connectivity index (χ1n) is 10.9. The van der Waals surface area contributed by atoms with Crippen LogP contribution >= 0.6 is 22.9 Å². The summed E-state index contributed by atoms with van der Waals surface area (Å²) in [5.74, 6) is 0.234. The molecule has 0 spiro atoms. The number of anilines is 1. The van der Waals surface area contributed by atoms with Crippen LogP contribution < -0.4 is 20.9 Å². The summed E-state index contributed by atoms with van der Waals surface area (Å²) in [6.45, 7) is 0.0696. The highest BCUT2D eigenvalue weighted by Crippen LogP contribution is 2.39. The molecule has 0 radical (unpaired) electrons. The second kappa shape index (κ2) is 9.25. The molecule has 184 valence electrons. The zero-order valence-corrected chi connectivity index (χ0v) is 21.2. The number of amides is 1. The Balaban J connectivity index is 1.60. The molecule has 3 heterocycles. The summed E-state index contributed by atoms with van der Waals surface area (Å²) in [4.78, 5) is 49.3. The molecule has 0 atom stereocenters. The van der Waals surface area contributed by atoms with Crippen molar-refractivity contribution in [2.24, 2.45) is 14.1 Å². The number of halogens is 1. The molecule has 0 aliphatic carbocycles. The van der Waals surface area contributed by atoms with Crippen molar-refractivity contribution in [2.45, 2.75) is 13.1 Å². The van der Waals surface area contributed by atoms with Crippen molar-refractivity contribution in [1.82, 2.24) is 23.7 Å². The maximum atomic E-state index is 13.7. The van der Waals surface area contributed by atoms with Crippen molar-refractivity contribution >= 4 is 55.4 Å². The fraction of sp³-hybridized carbons (Fsp3) is 0.208. The van der Waals surface area contributed by atoms with Crippen LogP contribution in [0.5, 0.6) is 5.75 Å². The van der Waals surface area contributed by atoms with Gasteiger partial charge in [-0.1, -0.05) is 53.3 Å².